The van der Waals surface area contributed by atoms with Gasteiger partial charge in [-0.3, -0.25) is 9.36 Å². The van der Waals surface area contributed by atoms with Gasteiger partial charge < -0.3 is 5.32 Å². The van der Waals surface area contributed by atoms with Gasteiger partial charge in [-0.1, -0.05) is 0 Å². The van der Waals surface area contributed by atoms with Gasteiger partial charge in [0.05, 0.1) is 12.4 Å². The smallest absolute Gasteiger partial charge is 0.0540 e. The lowest BCUT2D eigenvalue weighted by molar-refractivity contribution is 0.448. The maximum atomic E-state index is 4.50. The zero-order chi connectivity index (χ0) is 13.9. The first-order valence-corrected chi connectivity index (χ1v) is 7.61. The third-order valence-corrected chi connectivity index (χ3v) is 4.13. The van der Waals surface area contributed by atoms with Crippen molar-refractivity contribution in [2.45, 2.75) is 58.8 Å². The van der Waals surface area contributed by atoms with Crippen molar-refractivity contribution in [1.82, 2.24) is 24.9 Å². The van der Waals surface area contributed by atoms with Crippen LogP contribution in [-0.2, 0) is 26.1 Å². The van der Waals surface area contributed by atoms with Gasteiger partial charge in [-0.05, 0) is 33.1 Å². The normalized spacial score (nSPS) is 18.2. The number of aromatic nitrogens is 4. The Morgan fingerprint density at radius 2 is 2.15 bits per heavy atom. The Labute approximate surface area is 120 Å². The maximum Gasteiger partial charge on any atom is 0.0540 e. The zero-order valence-corrected chi connectivity index (χ0v) is 12.3. The SMILES string of the molecule is CCn1cc(CN[C@@H]2CCCc3c2cnn3CC)cn1. The minimum absolute atomic E-state index is 0.434. The molecule has 0 fully saturated rings. The number of nitrogens with one attached hydrogen (secondary N) is 1. The van der Waals surface area contributed by atoms with Crippen molar-refractivity contribution in [3.63, 3.8) is 0 Å². The molecule has 20 heavy (non-hydrogen) atoms. The van der Waals surface area contributed by atoms with E-state index < -0.39 is 0 Å². The molecular weight excluding hydrogens is 250 g/mol. The molecule has 2 heterocycles. The molecule has 0 aromatic carbocycles. The summed E-state index contributed by atoms with van der Waals surface area (Å²) in [7, 11) is 0. The Morgan fingerprint density at radius 3 is 2.90 bits per heavy atom. The molecule has 1 N–H and O–H groups in total. The summed E-state index contributed by atoms with van der Waals surface area (Å²) in [4.78, 5) is 0. The van der Waals surface area contributed by atoms with Crippen molar-refractivity contribution in [1.29, 1.82) is 0 Å². The number of nitrogens with zero attached hydrogens (tertiary/aromatic N) is 4. The van der Waals surface area contributed by atoms with E-state index in [2.05, 4.69) is 40.2 Å². The van der Waals surface area contributed by atoms with Crippen LogP contribution in [0.25, 0.3) is 0 Å². The largest absolute Gasteiger partial charge is 0.306 e. The van der Waals surface area contributed by atoms with Crippen molar-refractivity contribution in [2.24, 2.45) is 0 Å². The van der Waals surface area contributed by atoms with Crippen LogP contribution in [0, 0.1) is 0 Å². The fraction of sp³-hybridized carbons (Fsp3) is 0.600. The van der Waals surface area contributed by atoms with E-state index in [0.29, 0.717) is 6.04 Å². The van der Waals surface area contributed by atoms with Crippen LogP contribution in [0.15, 0.2) is 18.6 Å². The number of fused-ring (bicyclic) bond motifs is 1. The molecular formula is C15H23N5. The fourth-order valence-corrected chi connectivity index (χ4v) is 3.01. The van der Waals surface area contributed by atoms with Gasteiger partial charge in [-0.15, -0.1) is 0 Å². The van der Waals surface area contributed by atoms with Gasteiger partial charge in [0.25, 0.3) is 0 Å². The van der Waals surface area contributed by atoms with Gasteiger partial charge in [-0.2, -0.15) is 10.2 Å². The highest BCUT2D eigenvalue weighted by molar-refractivity contribution is 5.25. The Kier molecular flexibility index (Phi) is 3.87. The summed E-state index contributed by atoms with van der Waals surface area (Å²) < 4.78 is 4.11. The Morgan fingerprint density at radius 1 is 1.25 bits per heavy atom. The van der Waals surface area contributed by atoms with E-state index in [1.165, 1.54) is 29.7 Å². The van der Waals surface area contributed by atoms with Gasteiger partial charge in [0.1, 0.15) is 0 Å². The van der Waals surface area contributed by atoms with Gasteiger partial charge >= 0.3 is 0 Å². The molecule has 0 saturated heterocycles. The molecule has 0 unspecified atom stereocenters. The van der Waals surface area contributed by atoms with Gasteiger partial charge in [0.2, 0.25) is 0 Å². The summed E-state index contributed by atoms with van der Waals surface area (Å²) in [5, 5.41) is 12.5. The van der Waals surface area contributed by atoms with Crippen LogP contribution in [0.3, 0.4) is 0 Å². The van der Waals surface area contributed by atoms with E-state index in [9.17, 15) is 0 Å². The van der Waals surface area contributed by atoms with E-state index in [1.807, 2.05) is 17.1 Å². The monoisotopic (exact) mass is 273 g/mol. The lowest BCUT2D eigenvalue weighted by atomic mass is 9.93. The molecule has 0 aliphatic heterocycles. The molecule has 5 nitrogen and oxygen atoms in total. The number of rotatable bonds is 5. The molecule has 3 rings (SSSR count). The van der Waals surface area contributed by atoms with E-state index in [0.717, 1.165) is 26.1 Å². The van der Waals surface area contributed by atoms with Crippen molar-refractivity contribution in [3.05, 3.63) is 35.4 Å². The van der Waals surface area contributed by atoms with Crippen LogP contribution in [0.4, 0.5) is 0 Å². The van der Waals surface area contributed by atoms with Crippen LogP contribution < -0.4 is 5.32 Å². The Bertz CT molecular complexity index is 569. The second kappa shape index (κ2) is 5.79. The van der Waals surface area contributed by atoms with Crippen LogP contribution in [0.2, 0.25) is 0 Å². The van der Waals surface area contributed by atoms with Crippen LogP contribution in [-0.4, -0.2) is 19.6 Å². The van der Waals surface area contributed by atoms with Crippen molar-refractivity contribution < 1.29 is 0 Å². The molecule has 0 saturated carbocycles. The molecule has 2 aromatic rings. The first-order valence-electron chi connectivity index (χ1n) is 7.61. The quantitative estimate of drug-likeness (QED) is 0.909. The summed E-state index contributed by atoms with van der Waals surface area (Å²) >= 11 is 0. The fourth-order valence-electron chi connectivity index (χ4n) is 3.01. The van der Waals surface area contributed by atoms with E-state index in [4.69, 9.17) is 0 Å². The number of hydrogen-bond donors (Lipinski definition) is 1. The van der Waals surface area contributed by atoms with Crippen LogP contribution in [0.1, 0.15) is 49.6 Å². The molecule has 1 aliphatic carbocycles. The second-order valence-corrected chi connectivity index (χ2v) is 5.39. The van der Waals surface area contributed by atoms with E-state index in [-0.39, 0.29) is 0 Å². The van der Waals surface area contributed by atoms with Crippen molar-refractivity contribution >= 4 is 0 Å². The third kappa shape index (κ3) is 2.50. The van der Waals surface area contributed by atoms with Crippen molar-refractivity contribution in [2.75, 3.05) is 0 Å². The van der Waals surface area contributed by atoms with E-state index >= 15 is 0 Å². The maximum absolute atomic E-state index is 4.50. The first kappa shape index (κ1) is 13.4. The average Bonchev–Trinajstić information content (AvgIpc) is 3.11. The second-order valence-electron chi connectivity index (χ2n) is 5.39. The lowest BCUT2D eigenvalue weighted by Gasteiger charge is -2.24. The molecule has 108 valence electrons. The number of hydrogen-bond acceptors (Lipinski definition) is 3. The predicted octanol–water partition coefficient (Wildman–Crippen LogP) is 2.29. The predicted molar refractivity (Wildman–Crippen MR) is 78.3 cm³/mol. The molecule has 1 aliphatic rings. The van der Waals surface area contributed by atoms with Crippen molar-refractivity contribution in [3.8, 4) is 0 Å². The average molecular weight is 273 g/mol. The molecule has 0 bridgehead atoms. The highest BCUT2D eigenvalue weighted by Gasteiger charge is 2.23. The first-order chi connectivity index (χ1) is 9.81. The van der Waals surface area contributed by atoms with Gasteiger partial charge in [0.15, 0.2) is 0 Å². The molecule has 0 radical (unpaired) electrons. The molecule has 5 heteroatoms. The highest BCUT2D eigenvalue weighted by Crippen LogP contribution is 2.29. The Balaban J connectivity index is 1.68. The minimum atomic E-state index is 0.434. The summed E-state index contributed by atoms with van der Waals surface area (Å²) in [5.74, 6) is 0. The number of aryl methyl sites for hydroxylation is 2. The van der Waals surface area contributed by atoms with Gasteiger partial charge in [-0.25, -0.2) is 0 Å². The molecule has 2 aromatic heterocycles. The molecule has 0 amide bonds. The molecule has 0 spiro atoms. The minimum Gasteiger partial charge on any atom is -0.306 e. The van der Waals surface area contributed by atoms with Gasteiger partial charge in [0, 0.05) is 48.7 Å². The lowest BCUT2D eigenvalue weighted by Crippen LogP contribution is -2.25. The standard InChI is InChI=1S/C15H23N5/c1-3-19-11-12(9-17-19)8-16-14-6-5-7-15-13(14)10-18-20(15)4-2/h9-11,14,16H,3-8H2,1-2H3/t14-/m1/s1. The third-order valence-electron chi connectivity index (χ3n) is 4.13. The van der Waals surface area contributed by atoms with E-state index in [1.54, 1.807) is 0 Å². The zero-order valence-electron chi connectivity index (χ0n) is 12.3. The molecule has 1 atom stereocenters. The highest BCUT2D eigenvalue weighted by atomic mass is 15.3. The summed E-state index contributed by atoms with van der Waals surface area (Å²) in [6, 6.07) is 0.434. The summed E-state index contributed by atoms with van der Waals surface area (Å²) in [5.41, 5.74) is 4.06. The summed E-state index contributed by atoms with van der Waals surface area (Å²) in [6.45, 7) is 7.03. The summed E-state index contributed by atoms with van der Waals surface area (Å²) in [6.07, 6.45) is 9.72. The Hall–Kier alpha value is -1.62. The topological polar surface area (TPSA) is 47.7 Å². The van der Waals surface area contributed by atoms with Crippen LogP contribution in [0.5, 0.6) is 0 Å². The van der Waals surface area contributed by atoms with Crippen LogP contribution >= 0.6 is 0 Å².